The second-order valence-electron chi connectivity index (χ2n) is 4.83. The summed E-state index contributed by atoms with van der Waals surface area (Å²) < 4.78 is 0. The monoisotopic (exact) mass is 262 g/mol. The number of thiophene rings is 1. The zero-order chi connectivity index (χ0) is 13.1. The second-order valence-corrected chi connectivity index (χ2v) is 5.91. The van der Waals surface area contributed by atoms with Crippen molar-refractivity contribution in [2.75, 3.05) is 20.1 Å². The van der Waals surface area contributed by atoms with Crippen LogP contribution >= 0.6 is 11.3 Å². The first-order valence-corrected chi connectivity index (χ1v) is 6.97. The average molecular weight is 262 g/mol. The fourth-order valence-electron chi connectivity index (χ4n) is 1.93. The zero-order valence-electron chi connectivity index (χ0n) is 10.8. The molecule has 0 aromatic carbocycles. The van der Waals surface area contributed by atoms with Crippen molar-refractivity contribution < 1.29 is 4.79 Å². The molecule has 0 bridgehead atoms. The molecule has 1 fully saturated rings. The van der Waals surface area contributed by atoms with Gasteiger partial charge in [0, 0.05) is 13.6 Å². The molecule has 0 spiro atoms. The standard InChI is InChI=1S/C14H18N2OS/c1-10-8-11(10)9-16(2)14(17)13-6-5-12(18-13)4-3-7-15/h5-6,10-11H,7-9,15H2,1-2H3. The third-order valence-corrected chi connectivity index (χ3v) is 4.25. The SMILES string of the molecule is CC1CC1CN(C)C(=O)c1ccc(C#CCN)s1. The van der Waals surface area contributed by atoms with Gasteiger partial charge in [0.15, 0.2) is 0 Å². The lowest BCUT2D eigenvalue weighted by atomic mass is 10.3. The molecule has 18 heavy (non-hydrogen) atoms. The van der Waals surface area contributed by atoms with Crippen LogP contribution in [0.2, 0.25) is 0 Å². The predicted octanol–water partition coefficient (Wildman–Crippen LogP) is 1.79. The van der Waals surface area contributed by atoms with Crippen LogP contribution in [0.1, 0.15) is 27.9 Å². The van der Waals surface area contributed by atoms with E-state index in [-0.39, 0.29) is 5.91 Å². The molecule has 1 aromatic rings. The lowest BCUT2D eigenvalue weighted by Gasteiger charge is -2.15. The molecule has 3 nitrogen and oxygen atoms in total. The molecular formula is C14H18N2OS. The minimum Gasteiger partial charge on any atom is -0.341 e. The van der Waals surface area contributed by atoms with E-state index in [1.165, 1.54) is 17.8 Å². The highest BCUT2D eigenvalue weighted by atomic mass is 32.1. The summed E-state index contributed by atoms with van der Waals surface area (Å²) in [5.74, 6) is 7.31. The summed E-state index contributed by atoms with van der Waals surface area (Å²) >= 11 is 1.44. The molecule has 1 aromatic heterocycles. The third kappa shape index (κ3) is 3.12. The van der Waals surface area contributed by atoms with Crippen LogP contribution in [0.5, 0.6) is 0 Å². The van der Waals surface area contributed by atoms with Gasteiger partial charge >= 0.3 is 0 Å². The van der Waals surface area contributed by atoms with E-state index in [1.54, 1.807) is 0 Å². The lowest BCUT2D eigenvalue weighted by Crippen LogP contribution is -2.28. The number of hydrogen-bond donors (Lipinski definition) is 1. The molecule has 96 valence electrons. The molecule has 1 saturated carbocycles. The van der Waals surface area contributed by atoms with Crippen molar-refractivity contribution in [2.24, 2.45) is 17.6 Å². The van der Waals surface area contributed by atoms with Gasteiger partial charge in [0.1, 0.15) is 0 Å². The Balaban J connectivity index is 1.97. The lowest BCUT2D eigenvalue weighted by molar-refractivity contribution is 0.0792. The number of nitrogens with two attached hydrogens (primary N) is 1. The van der Waals surface area contributed by atoms with Crippen molar-refractivity contribution in [1.29, 1.82) is 0 Å². The minimum atomic E-state index is 0.0971. The Bertz CT molecular complexity index is 497. The molecule has 2 unspecified atom stereocenters. The summed E-state index contributed by atoms with van der Waals surface area (Å²) in [7, 11) is 1.87. The fraction of sp³-hybridized carbons (Fsp3) is 0.500. The smallest absolute Gasteiger partial charge is 0.263 e. The zero-order valence-corrected chi connectivity index (χ0v) is 11.6. The van der Waals surface area contributed by atoms with Gasteiger partial charge < -0.3 is 10.6 Å². The van der Waals surface area contributed by atoms with Crippen molar-refractivity contribution in [2.45, 2.75) is 13.3 Å². The topological polar surface area (TPSA) is 46.3 Å². The Morgan fingerprint density at radius 3 is 2.94 bits per heavy atom. The highest BCUT2D eigenvalue weighted by Crippen LogP contribution is 2.38. The van der Waals surface area contributed by atoms with Gasteiger partial charge in [-0.2, -0.15) is 0 Å². The predicted molar refractivity (Wildman–Crippen MR) is 74.5 cm³/mol. The van der Waals surface area contributed by atoms with Gasteiger partial charge in [-0.3, -0.25) is 4.79 Å². The van der Waals surface area contributed by atoms with E-state index in [1.807, 2.05) is 24.1 Å². The number of nitrogens with zero attached hydrogens (tertiary/aromatic N) is 1. The van der Waals surface area contributed by atoms with Gasteiger partial charge in [0.25, 0.3) is 5.91 Å². The van der Waals surface area contributed by atoms with E-state index in [2.05, 4.69) is 18.8 Å². The Morgan fingerprint density at radius 1 is 1.61 bits per heavy atom. The first-order valence-electron chi connectivity index (χ1n) is 6.16. The van der Waals surface area contributed by atoms with Gasteiger partial charge in [0.05, 0.1) is 16.3 Å². The summed E-state index contributed by atoms with van der Waals surface area (Å²) in [6.07, 6.45) is 1.25. The van der Waals surface area contributed by atoms with Crippen LogP contribution in [-0.4, -0.2) is 30.9 Å². The van der Waals surface area contributed by atoms with E-state index in [0.717, 1.165) is 22.2 Å². The molecule has 2 N–H and O–H groups in total. The quantitative estimate of drug-likeness (QED) is 0.844. The molecular weight excluding hydrogens is 244 g/mol. The molecule has 4 heteroatoms. The van der Waals surface area contributed by atoms with Crippen LogP contribution in [0.25, 0.3) is 0 Å². The number of amides is 1. The van der Waals surface area contributed by atoms with Gasteiger partial charge in [-0.05, 0) is 30.4 Å². The minimum absolute atomic E-state index is 0.0971. The Labute approximate surface area is 112 Å². The molecule has 1 heterocycles. The highest BCUT2D eigenvalue weighted by Gasteiger charge is 2.34. The molecule has 2 rings (SSSR count). The van der Waals surface area contributed by atoms with E-state index in [4.69, 9.17) is 5.73 Å². The molecule has 1 aliphatic rings. The fourth-order valence-corrected chi connectivity index (χ4v) is 2.81. The van der Waals surface area contributed by atoms with Crippen LogP contribution in [0.4, 0.5) is 0 Å². The van der Waals surface area contributed by atoms with Crippen LogP contribution in [0.15, 0.2) is 12.1 Å². The summed E-state index contributed by atoms with van der Waals surface area (Å²) in [4.78, 5) is 15.6. The van der Waals surface area contributed by atoms with Crippen LogP contribution in [0, 0.1) is 23.7 Å². The first kappa shape index (κ1) is 13.1. The Kier molecular flexibility index (Phi) is 4.05. The normalized spacial score (nSPS) is 21.1. The molecule has 1 amide bonds. The largest absolute Gasteiger partial charge is 0.341 e. The summed E-state index contributed by atoms with van der Waals surface area (Å²) in [6.45, 7) is 3.44. The summed E-state index contributed by atoms with van der Waals surface area (Å²) in [5.41, 5.74) is 5.32. The number of rotatable bonds is 3. The van der Waals surface area contributed by atoms with Crippen molar-refractivity contribution in [3.63, 3.8) is 0 Å². The maximum atomic E-state index is 12.2. The summed E-state index contributed by atoms with van der Waals surface area (Å²) in [6, 6.07) is 3.73. The first-order chi connectivity index (χ1) is 8.61. The average Bonchev–Trinajstić information content (AvgIpc) is 2.87. The molecule has 0 saturated heterocycles. The third-order valence-electron chi connectivity index (χ3n) is 3.26. The van der Waals surface area contributed by atoms with Crippen molar-refractivity contribution >= 4 is 17.2 Å². The van der Waals surface area contributed by atoms with E-state index in [0.29, 0.717) is 12.5 Å². The number of carbonyl (C=O) groups excluding carboxylic acids is 1. The summed E-state index contributed by atoms with van der Waals surface area (Å²) in [5, 5.41) is 0. The van der Waals surface area contributed by atoms with Crippen molar-refractivity contribution in [3.8, 4) is 11.8 Å². The van der Waals surface area contributed by atoms with Crippen molar-refractivity contribution in [3.05, 3.63) is 21.9 Å². The Hall–Kier alpha value is -1.31. The highest BCUT2D eigenvalue weighted by molar-refractivity contribution is 7.14. The maximum Gasteiger partial charge on any atom is 0.263 e. The van der Waals surface area contributed by atoms with Crippen molar-refractivity contribution in [1.82, 2.24) is 4.90 Å². The van der Waals surface area contributed by atoms with Gasteiger partial charge in [0.2, 0.25) is 0 Å². The van der Waals surface area contributed by atoms with Crippen LogP contribution < -0.4 is 5.73 Å². The van der Waals surface area contributed by atoms with Gasteiger partial charge in [-0.15, -0.1) is 11.3 Å². The van der Waals surface area contributed by atoms with Crippen LogP contribution in [-0.2, 0) is 0 Å². The molecule has 1 aliphatic carbocycles. The van der Waals surface area contributed by atoms with E-state index < -0.39 is 0 Å². The number of carbonyl (C=O) groups is 1. The van der Waals surface area contributed by atoms with E-state index in [9.17, 15) is 4.79 Å². The Morgan fingerprint density at radius 2 is 2.33 bits per heavy atom. The maximum absolute atomic E-state index is 12.2. The van der Waals surface area contributed by atoms with E-state index >= 15 is 0 Å². The molecule has 2 atom stereocenters. The molecule has 0 radical (unpaired) electrons. The van der Waals surface area contributed by atoms with Crippen LogP contribution in [0.3, 0.4) is 0 Å². The molecule has 0 aliphatic heterocycles. The van der Waals surface area contributed by atoms with Gasteiger partial charge in [-0.1, -0.05) is 18.8 Å². The van der Waals surface area contributed by atoms with Gasteiger partial charge in [-0.25, -0.2) is 0 Å². The number of hydrogen-bond acceptors (Lipinski definition) is 3. The second kappa shape index (κ2) is 5.55.